The minimum Gasteiger partial charge on any atom is -0.463 e. The Hall–Kier alpha value is -1.20. The third-order valence-electron chi connectivity index (χ3n) is 3.05. The summed E-state index contributed by atoms with van der Waals surface area (Å²) in [4.78, 5) is 12.3. The quantitative estimate of drug-likeness (QED) is 0.635. The average Bonchev–Trinajstić information content (AvgIpc) is 2.95. The molecule has 0 aliphatic rings. The van der Waals surface area contributed by atoms with E-state index in [0.717, 1.165) is 11.3 Å². The molecule has 0 fully saturated rings. The standard InChI is InChI=1S/C15H15Cl3N2O2/c1-10-4-2-5-11(8-10)13(21)20-14(15(16,17)18)19-9-12-6-3-7-22-12/h2-8,14,19H,9H2,1H3,(H,20,21)/p+1. The summed E-state index contributed by atoms with van der Waals surface area (Å²) < 4.78 is 3.58. The molecule has 2 aromatic rings. The van der Waals surface area contributed by atoms with Gasteiger partial charge < -0.3 is 9.73 Å². The van der Waals surface area contributed by atoms with Crippen molar-refractivity contribution >= 4 is 40.7 Å². The van der Waals surface area contributed by atoms with Crippen LogP contribution in [0.3, 0.4) is 0 Å². The normalized spacial score (nSPS) is 12.9. The second-order valence-corrected chi connectivity index (χ2v) is 7.25. The number of nitrogens with two attached hydrogens (primary N) is 1. The summed E-state index contributed by atoms with van der Waals surface area (Å²) in [5, 5.41) is 4.44. The summed E-state index contributed by atoms with van der Waals surface area (Å²) >= 11 is 17.9. The van der Waals surface area contributed by atoms with Crippen molar-refractivity contribution in [2.24, 2.45) is 0 Å². The van der Waals surface area contributed by atoms with Crippen LogP contribution in [0.15, 0.2) is 47.1 Å². The molecule has 0 spiro atoms. The molecule has 0 aliphatic carbocycles. The molecule has 1 aromatic carbocycles. The molecule has 118 valence electrons. The van der Waals surface area contributed by atoms with Crippen molar-refractivity contribution in [3.8, 4) is 0 Å². The van der Waals surface area contributed by atoms with Gasteiger partial charge in [0.2, 0.25) is 6.17 Å². The molecule has 0 bridgehead atoms. The van der Waals surface area contributed by atoms with Crippen molar-refractivity contribution in [1.29, 1.82) is 0 Å². The smallest absolute Gasteiger partial charge is 0.262 e. The van der Waals surface area contributed by atoms with Crippen molar-refractivity contribution in [1.82, 2.24) is 5.32 Å². The molecule has 1 unspecified atom stereocenters. The highest BCUT2D eigenvalue weighted by atomic mass is 35.6. The van der Waals surface area contributed by atoms with E-state index in [0.29, 0.717) is 12.1 Å². The minimum absolute atomic E-state index is 0.296. The Morgan fingerprint density at radius 1 is 1.32 bits per heavy atom. The summed E-state index contributed by atoms with van der Waals surface area (Å²) in [7, 11) is 0. The lowest BCUT2D eigenvalue weighted by molar-refractivity contribution is -0.708. The number of nitrogens with one attached hydrogen (secondary N) is 1. The van der Waals surface area contributed by atoms with Crippen molar-refractivity contribution in [3.63, 3.8) is 0 Å². The number of rotatable bonds is 5. The van der Waals surface area contributed by atoms with E-state index in [4.69, 9.17) is 39.2 Å². The number of benzene rings is 1. The fraction of sp³-hybridized carbons (Fsp3) is 0.267. The summed E-state index contributed by atoms with van der Waals surface area (Å²) in [6, 6.07) is 10.8. The number of hydrogen-bond acceptors (Lipinski definition) is 2. The average molecular weight is 363 g/mol. The van der Waals surface area contributed by atoms with Gasteiger partial charge in [-0.3, -0.25) is 10.1 Å². The highest BCUT2D eigenvalue weighted by molar-refractivity contribution is 6.68. The number of quaternary nitrogens is 1. The van der Waals surface area contributed by atoms with Gasteiger partial charge in [0.05, 0.1) is 6.26 Å². The Kier molecular flexibility index (Phi) is 5.75. The number of alkyl halides is 3. The van der Waals surface area contributed by atoms with E-state index in [1.807, 2.05) is 19.1 Å². The highest BCUT2D eigenvalue weighted by Gasteiger charge is 2.37. The lowest BCUT2D eigenvalue weighted by atomic mass is 10.1. The van der Waals surface area contributed by atoms with Crippen LogP contribution in [0, 0.1) is 6.92 Å². The Bertz CT molecular complexity index is 624. The molecule has 22 heavy (non-hydrogen) atoms. The van der Waals surface area contributed by atoms with Crippen LogP contribution in [0.5, 0.6) is 0 Å². The Morgan fingerprint density at radius 2 is 2.09 bits per heavy atom. The second kappa shape index (κ2) is 7.38. The molecule has 2 rings (SSSR count). The predicted octanol–water partition coefficient (Wildman–Crippen LogP) is 2.78. The van der Waals surface area contributed by atoms with Gasteiger partial charge in [0, 0.05) is 5.56 Å². The number of carbonyl (C=O) groups is 1. The van der Waals surface area contributed by atoms with E-state index in [-0.39, 0.29) is 5.91 Å². The van der Waals surface area contributed by atoms with Crippen molar-refractivity contribution < 1.29 is 14.5 Å². The van der Waals surface area contributed by atoms with Gasteiger partial charge in [0.25, 0.3) is 9.70 Å². The van der Waals surface area contributed by atoms with Gasteiger partial charge in [-0.25, -0.2) is 0 Å². The topological polar surface area (TPSA) is 58.9 Å². The second-order valence-electron chi connectivity index (χ2n) is 4.88. The summed E-state index contributed by atoms with van der Waals surface area (Å²) in [6.07, 6.45) is 0.828. The SMILES string of the molecule is Cc1cccc(C(=O)NC([NH2+]Cc2ccco2)C(Cl)(Cl)Cl)c1. The lowest BCUT2D eigenvalue weighted by Gasteiger charge is -2.23. The monoisotopic (exact) mass is 361 g/mol. The number of halogens is 3. The van der Waals surface area contributed by atoms with Crippen LogP contribution in [-0.4, -0.2) is 15.9 Å². The van der Waals surface area contributed by atoms with Gasteiger partial charge in [0.1, 0.15) is 6.54 Å². The molecule has 1 atom stereocenters. The number of furan rings is 1. The predicted molar refractivity (Wildman–Crippen MR) is 87.1 cm³/mol. The number of aryl methyl sites for hydroxylation is 1. The molecule has 1 amide bonds. The van der Waals surface area contributed by atoms with Gasteiger partial charge in [-0.15, -0.1) is 0 Å². The van der Waals surface area contributed by atoms with E-state index in [1.165, 1.54) is 0 Å². The Morgan fingerprint density at radius 3 is 2.68 bits per heavy atom. The highest BCUT2D eigenvalue weighted by Crippen LogP contribution is 2.27. The van der Waals surface area contributed by atoms with E-state index >= 15 is 0 Å². The molecule has 3 N–H and O–H groups in total. The van der Waals surface area contributed by atoms with Gasteiger partial charge >= 0.3 is 0 Å². The van der Waals surface area contributed by atoms with E-state index in [1.54, 1.807) is 35.8 Å². The Labute approximate surface area is 143 Å². The van der Waals surface area contributed by atoms with Crippen LogP contribution in [0.25, 0.3) is 0 Å². The molecule has 0 aliphatic heterocycles. The molecule has 0 radical (unpaired) electrons. The number of carbonyl (C=O) groups excluding carboxylic acids is 1. The first-order valence-electron chi connectivity index (χ1n) is 6.66. The Balaban J connectivity index is 2.04. The fourth-order valence-electron chi connectivity index (χ4n) is 1.95. The van der Waals surface area contributed by atoms with Crippen LogP contribution in [0.2, 0.25) is 0 Å². The molecule has 0 saturated heterocycles. The van der Waals surface area contributed by atoms with Crippen molar-refractivity contribution in [3.05, 3.63) is 59.5 Å². The first kappa shape index (κ1) is 17.2. The van der Waals surface area contributed by atoms with Crippen LogP contribution in [-0.2, 0) is 6.54 Å². The van der Waals surface area contributed by atoms with E-state index in [2.05, 4.69) is 5.32 Å². The molecule has 4 nitrogen and oxygen atoms in total. The first-order valence-corrected chi connectivity index (χ1v) is 7.79. The minimum atomic E-state index is -1.65. The molecular weight excluding hydrogens is 347 g/mol. The van der Waals surface area contributed by atoms with Crippen LogP contribution < -0.4 is 10.6 Å². The fourth-order valence-corrected chi connectivity index (χ4v) is 2.38. The zero-order valence-electron chi connectivity index (χ0n) is 11.9. The van der Waals surface area contributed by atoms with Gasteiger partial charge in [-0.05, 0) is 31.2 Å². The summed E-state index contributed by atoms with van der Waals surface area (Å²) in [5.74, 6) is 0.430. The molecular formula is C15H16Cl3N2O2+. The van der Waals surface area contributed by atoms with Crippen LogP contribution >= 0.6 is 34.8 Å². The molecule has 1 heterocycles. The third kappa shape index (κ3) is 4.92. The molecule has 0 saturated carbocycles. The van der Waals surface area contributed by atoms with Crippen LogP contribution in [0.4, 0.5) is 0 Å². The van der Waals surface area contributed by atoms with E-state index in [9.17, 15) is 4.79 Å². The zero-order chi connectivity index (χ0) is 16.2. The summed E-state index contributed by atoms with van der Waals surface area (Å²) in [5.41, 5.74) is 1.50. The van der Waals surface area contributed by atoms with Crippen LogP contribution in [0.1, 0.15) is 21.7 Å². The van der Waals surface area contributed by atoms with Crippen molar-refractivity contribution in [2.75, 3.05) is 0 Å². The zero-order valence-corrected chi connectivity index (χ0v) is 14.1. The summed E-state index contributed by atoms with van der Waals surface area (Å²) in [6.45, 7) is 2.35. The molecule has 1 aromatic heterocycles. The van der Waals surface area contributed by atoms with Crippen molar-refractivity contribution in [2.45, 2.75) is 23.4 Å². The number of amides is 1. The maximum Gasteiger partial charge on any atom is 0.262 e. The molecule has 7 heteroatoms. The van der Waals surface area contributed by atoms with Gasteiger partial charge in [-0.2, -0.15) is 0 Å². The van der Waals surface area contributed by atoms with Gasteiger partial charge in [-0.1, -0.05) is 52.5 Å². The first-order chi connectivity index (χ1) is 10.4. The lowest BCUT2D eigenvalue weighted by Crippen LogP contribution is -2.95. The third-order valence-corrected chi connectivity index (χ3v) is 3.76. The maximum absolute atomic E-state index is 12.3. The van der Waals surface area contributed by atoms with Gasteiger partial charge in [0.15, 0.2) is 5.76 Å². The van der Waals surface area contributed by atoms with E-state index < -0.39 is 9.96 Å². The largest absolute Gasteiger partial charge is 0.463 e. The number of hydrogen-bond donors (Lipinski definition) is 2. The maximum atomic E-state index is 12.3.